The van der Waals surface area contributed by atoms with Crippen LogP contribution < -0.4 is 0 Å². The van der Waals surface area contributed by atoms with E-state index in [4.69, 9.17) is 15.0 Å². The molecule has 0 unspecified atom stereocenters. The summed E-state index contributed by atoms with van der Waals surface area (Å²) in [6, 6.07) is 10.1. The first-order valence-corrected chi connectivity index (χ1v) is 5.17. The Hall–Kier alpha value is -1.97. The van der Waals surface area contributed by atoms with Crippen molar-refractivity contribution in [3.63, 3.8) is 0 Å². The molecule has 3 heteroatoms. The molecule has 0 atom stereocenters. The molecule has 2 rings (SSSR count). The van der Waals surface area contributed by atoms with Crippen molar-refractivity contribution in [3.8, 4) is 0 Å². The van der Waals surface area contributed by atoms with Crippen molar-refractivity contribution in [1.29, 1.82) is 0 Å². The molecule has 88 valence electrons. The van der Waals surface area contributed by atoms with E-state index >= 15 is 0 Å². The van der Waals surface area contributed by atoms with Crippen LogP contribution >= 0.6 is 0 Å². The fourth-order valence-corrected chi connectivity index (χ4v) is 1.31. The van der Waals surface area contributed by atoms with Crippen LogP contribution in [0.3, 0.4) is 0 Å². The fraction of sp³-hybridized carbons (Fsp3) is 0.0714. The molecule has 0 spiro atoms. The Morgan fingerprint density at radius 1 is 0.941 bits per heavy atom. The Kier molecular flexibility index (Phi) is 5.64. The number of ketones is 1. The van der Waals surface area contributed by atoms with Crippen LogP contribution in [0, 0.1) is 0 Å². The lowest BCUT2D eigenvalue weighted by Crippen LogP contribution is -1.91. The number of rotatable bonds is 1. The van der Waals surface area contributed by atoms with E-state index in [1.54, 1.807) is 12.2 Å². The van der Waals surface area contributed by atoms with E-state index in [1.165, 1.54) is 0 Å². The van der Waals surface area contributed by atoms with Crippen LogP contribution in [0.1, 0.15) is 5.56 Å². The molecule has 3 N–H and O–H groups in total. The maximum absolute atomic E-state index is 9.11. The molecule has 1 aliphatic carbocycles. The van der Waals surface area contributed by atoms with Gasteiger partial charge in [0.25, 0.3) is 0 Å². The summed E-state index contributed by atoms with van der Waals surface area (Å²) in [5, 5.41) is 14.2. The molecule has 0 radical (unpaired) electrons. The molecule has 3 nitrogen and oxygen atoms in total. The highest BCUT2D eigenvalue weighted by molar-refractivity contribution is 6.02. The third-order valence-corrected chi connectivity index (χ3v) is 2.03. The lowest BCUT2D eigenvalue weighted by Gasteiger charge is -1.97. The molecule has 0 aliphatic heterocycles. The average Bonchev–Trinajstić information content (AvgIpc) is 2.35. The molecule has 0 heterocycles. The third-order valence-electron chi connectivity index (χ3n) is 2.03. The summed E-state index contributed by atoms with van der Waals surface area (Å²) in [4.78, 5) is 9.11. The van der Waals surface area contributed by atoms with Gasteiger partial charge in [-0.15, -0.1) is 0 Å². The van der Waals surface area contributed by atoms with E-state index in [1.807, 2.05) is 42.5 Å². The van der Waals surface area contributed by atoms with Crippen molar-refractivity contribution in [2.75, 3.05) is 6.79 Å². The molecular weight excluding hydrogens is 216 g/mol. The highest BCUT2D eigenvalue weighted by Crippen LogP contribution is 2.11. The summed E-state index contributed by atoms with van der Waals surface area (Å²) < 4.78 is 0. The SMILES string of the molecule is OCO.[OH+]=C1C=CC(=Cc2ccccc2)C=C1. The van der Waals surface area contributed by atoms with Gasteiger partial charge in [0.1, 0.15) is 6.79 Å². The predicted octanol–water partition coefficient (Wildman–Crippen LogP) is 1.67. The number of hydrogen-bond donors (Lipinski definition) is 2. The summed E-state index contributed by atoms with van der Waals surface area (Å²) in [5.41, 5.74) is 2.26. The van der Waals surface area contributed by atoms with E-state index in [0.717, 1.165) is 11.1 Å². The van der Waals surface area contributed by atoms with Crippen LogP contribution in [0.2, 0.25) is 0 Å². The zero-order valence-electron chi connectivity index (χ0n) is 9.32. The average molecular weight is 231 g/mol. The summed E-state index contributed by atoms with van der Waals surface area (Å²) in [5.74, 6) is 0.301. The number of carbonyl (C=O) groups excluding carboxylic acids is 1. The van der Waals surface area contributed by atoms with Gasteiger partial charge in [-0.25, -0.2) is 0 Å². The van der Waals surface area contributed by atoms with Gasteiger partial charge in [-0.3, -0.25) is 4.79 Å². The molecule has 0 fully saturated rings. The van der Waals surface area contributed by atoms with Crippen LogP contribution in [-0.2, 0) is 0 Å². The topological polar surface area (TPSA) is 61.9 Å². The summed E-state index contributed by atoms with van der Waals surface area (Å²) in [6.45, 7) is -0.750. The highest BCUT2D eigenvalue weighted by Gasteiger charge is 2.02. The summed E-state index contributed by atoms with van der Waals surface area (Å²) in [7, 11) is 0. The molecule has 1 aliphatic rings. The minimum Gasteiger partial charge on any atom is -0.371 e. The number of hydrogen-bond acceptors (Lipinski definition) is 2. The molecule has 0 saturated carbocycles. The first-order valence-electron chi connectivity index (χ1n) is 5.17. The lowest BCUT2D eigenvalue weighted by molar-refractivity contribution is 0.0773. The third kappa shape index (κ3) is 5.06. The molecule has 1 aromatic rings. The van der Waals surface area contributed by atoms with Gasteiger partial charge in [-0.1, -0.05) is 30.3 Å². The first kappa shape index (κ1) is 13.1. The zero-order valence-corrected chi connectivity index (χ0v) is 9.32. The predicted molar refractivity (Wildman–Crippen MR) is 68.9 cm³/mol. The van der Waals surface area contributed by atoms with Crippen molar-refractivity contribution < 1.29 is 15.0 Å². The maximum Gasteiger partial charge on any atom is 0.340 e. The van der Waals surface area contributed by atoms with Crippen LogP contribution in [-0.4, -0.2) is 27.6 Å². The normalized spacial score (nSPS) is 13.1. The Morgan fingerprint density at radius 3 is 2.00 bits per heavy atom. The van der Waals surface area contributed by atoms with Crippen molar-refractivity contribution in [1.82, 2.24) is 0 Å². The largest absolute Gasteiger partial charge is 0.371 e. The van der Waals surface area contributed by atoms with Gasteiger partial charge in [0.15, 0.2) is 0 Å². The second kappa shape index (κ2) is 7.33. The molecule has 0 bridgehead atoms. The van der Waals surface area contributed by atoms with Gasteiger partial charge in [0.2, 0.25) is 0 Å². The van der Waals surface area contributed by atoms with E-state index in [2.05, 4.69) is 6.08 Å². The van der Waals surface area contributed by atoms with Gasteiger partial charge >= 0.3 is 5.78 Å². The Balaban J connectivity index is 0.000000437. The van der Waals surface area contributed by atoms with Crippen molar-refractivity contribution >= 4 is 11.9 Å². The van der Waals surface area contributed by atoms with Gasteiger partial charge in [-0.2, -0.15) is 0 Å². The number of allylic oxidation sites excluding steroid dienone is 5. The van der Waals surface area contributed by atoms with E-state index in [-0.39, 0.29) is 0 Å². The minimum atomic E-state index is -0.750. The quantitative estimate of drug-likeness (QED) is 0.570. The van der Waals surface area contributed by atoms with Crippen molar-refractivity contribution in [3.05, 3.63) is 65.8 Å². The number of aliphatic hydroxyl groups is 2. The number of aliphatic hydroxyl groups excluding tert-OH is 1. The van der Waals surface area contributed by atoms with E-state index in [0.29, 0.717) is 5.78 Å². The fourth-order valence-electron chi connectivity index (χ4n) is 1.31. The minimum absolute atomic E-state index is 0.301. The van der Waals surface area contributed by atoms with Gasteiger partial charge in [-0.05, 0) is 29.4 Å². The van der Waals surface area contributed by atoms with Gasteiger partial charge in [0.05, 0.1) is 0 Å². The van der Waals surface area contributed by atoms with Crippen LogP contribution in [0.5, 0.6) is 0 Å². The zero-order chi connectivity index (χ0) is 12.5. The molecule has 0 aromatic heterocycles. The smallest absolute Gasteiger partial charge is 0.340 e. The van der Waals surface area contributed by atoms with Crippen molar-refractivity contribution in [2.24, 2.45) is 0 Å². The van der Waals surface area contributed by atoms with E-state index in [9.17, 15) is 0 Å². The molecular formula is C14H15O3+. The summed E-state index contributed by atoms with van der Waals surface area (Å²) in [6.07, 6.45) is 9.23. The van der Waals surface area contributed by atoms with Crippen LogP contribution in [0.25, 0.3) is 6.08 Å². The van der Waals surface area contributed by atoms with Crippen LogP contribution in [0.4, 0.5) is 0 Å². The van der Waals surface area contributed by atoms with Crippen LogP contribution in [0.15, 0.2) is 60.2 Å². The monoisotopic (exact) mass is 231 g/mol. The highest BCUT2D eigenvalue weighted by atomic mass is 16.5. The maximum atomic E-state index is 9.11. The molecule has 0 saturated heterocycles. The van der Waals surface area contributed by atoms with Gasteiger partial charge < -0.3 is 10.2 Å². The first-order chi connectivity index (χ1) is 8.26. The number of benzene rings is 1. The van der Waals surface area contributed by atoms with E-state index < -0.39 is 6.79 Å². The Labute approximate surface area is 100 Å². The molecule has 1 aromatic carbocycles. The van der Waals surface area contributed by atoms with Gasteiger partial charge in [0, 0.05) is 12.2 Å². The standard InChI is InChI=1S/C13H10O.CH4O2/c14-13-8-6-12(7-9-13)10-11-4-2-1-3-5-11;2-1-3/h1-10H;2-3H,1H2/p+1. The summed E-state index contributed by atoms with van der Waals surface area (Å²) >= 11 is 0. The lowest BCUT2D eigenvalue weighted by atomic mass is 10.1. The second-order valence-electron chi connectivity index (χ2n) is 3.29. The molecule has 17 heavy (non-hydrogen) atoms. The molecule has 0 amide bonds. The second-order valence-corrected chi connectivity index (χ2v) is 3.29. The Bertz CT molecular complexity index is 424. The Morgan fingerprint density at radius 2 is 1.47 bits per heavy atom. The van der Waals surface area contributed by atoms with Crippen molar-refractivity contribution in [2.45, 2.75) is 0 Å².